The number of aliphatic hydroxyl groups is 1. The smallest absolute Gasteiger partial charge is 0.343 e. The molecule has 1 aromatic carbocycles. The van der Waals surface area contributed by atoms with Gasteiger partial charge in [-0.1, -0.05) is 13.8 Å². The van der Waals surface area contributed by atoms with Gasteiger partial charge in [-0.05, 0) is 54.0 Å². The van der Waals surface area contributed by atoms with Crippen LogP contribution in [0, 0.1) is 15.3 Å². The average molecular weight is 461 g/mol. The van der Waals surface area contributed by atoms with Crippen molar-refractivity contribution >= 4 is 39.5 Å². The molecule has 0 radical (unpaired) electrons. The molecule has 0 saturated heterocycles. The van der Waals surface area contributed by atoms with Crippen LogP contribution in [0.3, 0.4) is 0 Å². The summed E-state index contributed by atoms with van der Waals surface area (Å²) in [6, 6.07) is 2.32. The Hall–Kier alpha value is -1.48. The second-order valence-corrected chi connectivity index (χ2v) is 7.41. The molecule has 1 N–H and O–H groups in total. The van der Waals surface area contributed by atoms with E-state index in [1.165, 1.54) is 18.3 Å². The van der Waals surface area contributed by atoms with E-state index in [1.54, 1.807) is 34.1 Å². The molecule has 25 heavy (non-hydrogen) atoms. The third-order valence-electron chi connectivity index (χ3n) is 3.92. The first-order valence-electron chi connectivity index (χ1n) is 8.12. The number of ether oxygens (including phenoxy) is 1. The van der Waals surface area contributed by atoms with Gasteiger partial charge in [0.15, 0.2) is 0 Å². The summed E-state index contributed by atoms with van der Waals surface area (Å²) < 4.78 is 21.0. The molecular weight excluding hydrogens is 440 g/mol. The highest BCUT2D eigenvalue weighted by atomic mass is 127. The number of hydrogen-bond acceptors (Lipinski definition) is 4. The summed E-state index contributed by atoms with van der Waals surface area (Å²) in [5.74, 6) is -0.901. The quantitative estimate of drug-likeness (QED) is 0.529. The van der Waals surface area contributed by atoms with Gasteiger partial charge in [0.05, 0.1) is 24.8 Å². The first-order valence-corrected chi connectivity index (χ1v) is 9.19. The lowest BCUT2D eigenvalue weighted by molar-refractivity contribution is 0.0523. The molecule has 0 spiro atoms. The number of halogens is 2. The summed E-state index contributed by atoms with van der Waals surface area (Å²) in [5.41, 5.74) is -0.251. The maximum atomic E-state index is 14.1. The van der Waals surface area contributed by atoms with E-state index in [4.69, 9.17) is 4.74 Å². The van der Waals surface area contributed by atoms with Gasteiger partial charge in [-0.25, -0.2) is 9.18 Å². The van der Waals surface area contributed by atoms with Crippen LogP contribution in [0.15, 0.2) is 23.1 Å². The van der Waals surface area contributed by atoms with Crippen LogP contribution in [-0.4, -0.2) is 28.9 Å². The van der Waals surface area contributed by atoms with Gasteiger partial charge in [0.2, 0.25) is 5.43 Å². The molecule has 7 heteroatoms. The van der Waals surface area contributed by atoms with Gasteiger partial charge in [0, 0.05) is 15.2 Å². The van der Waals surface area contributed by atoms with E-state index in [2.05, 4.69) is 0 Å². The molecule has 0 bridgehead atoms. The molecule has 1 atom stereocenters. The van der Waals surface area contributed by atoms with Crippen molar-refractivity contribution in [3.8, 4) is 0 Å². The summed E-state index contributed by atoms with van der Waals surface area (Å²) in [4.78, 5) is 24.9. The van der Waals surface area contributed by atoms with Gasteiger partial charge in [0.1, 0.15) is 11.4 Å². The van der Waals surface area contributed by atoms with Crippen molar-refractivity contribution in [3.63, 3.8) is 0 Å². The van der Waals surface area contributed by atoms with Gasteiger partial charge < -0.3 is 14.4 Å². The molecule has 0 fully saturated rings. The maximum Gasteiger partial charge on any atom is 0.343 e. The van der Waals surface area contributed by atoms with Crippen molar-refractivity contribution in [2.24, 2.45) is 5.92 Å². The zero-order valence-electron chi connectivity index (χ0n) is 14.4. The van der Waals surface area contributed by atoms with Crippen LogP contribution >= 0.6 is 22.6 Å². The number of aliphatic hydroxyl groups excluding tert-OH is 1. The fourth-order valence-electron chi connectivity index (χ4n) is 2.82. The first-order chi connectivity index (χ1) is 11.8. The van der Waals surface area contributed by atoms with Gasteiger partial charge in [0.25, 0.3) is 0 Å². The summed E-state index contributed by atoms with van der Waals surface area (Å²) in [6.45, 7) is 5.62. The molecule has 0 saturated carbocycles. The third-order valence-corrected chi connectivity index (χ3v) is 4.74. The largest absolute Gasteiger partial charge is 0.462 e. The van der Waals surface area contributed by atoms with Crippen molar-refractivity contribution < 1.29 is 19.0 Å². The van der Waals surface area contributed by atoms with E-state index in [0.717, 1.165) is 0 Å². The second kappa shape index (κ2) is 8.27. The lowest BCUT2D eigenvalue weighted by Gasteiger charge is -2.23. The Morgan fingerprint density at radius 1 is 1.40 bits per heavy atom. The van der Waals surface area contributed by atoms with Crippen molar-refractivity contribution in [2.45, 2.75) is 33.2 Å². The standard InChI is InChI=1S/C18H21FINO4/c1-4-25-18(24)13-8-21(11(9-22)5-10(2)3)16-7-14(19)15(20)6-12(16)17(13)23/h6-8,10-11,22H,4-5,9H2,1-3H3/t11-/m0/s1. The zero-order chi connectivity index (χ0) is 18.7. The second-order valence-electron chi connectivity index (χ2n) is 6.25. The Bertz CT molecular complexity index is 847. The lowest BCUT2D eigenvalue weighted by atomic mass is 10.0. The number of benzene rings is 1. The Labute approximate surface area is 158 Å². The molecule has 1 aromatic heterocycles. The van der Waals surface area contributed by atoms with Gasteiger partial charge in [-0.2, -0.15) is 0 Å². The SMILES string of the molecule is CCOC(=O)c1cn([C@H](CO)CC(C)C)c2cc(F)c(I)cc2c1=O. The number of aromatic nitrogens is 1. The fourth-order valence-corrected chi connectivity index (χ4v) is 3.29. The average Bonchev–Trinajstić information content (AvgIpc) is 2.55. The summed E-state index contributed by atoms with van der Waals surface area (Å²) in [7, 11) is 0. The van der Waals surface area contributed by atoms with Crippen LogP contribution in [0.5, 0.6) is 0 Å². The number of carbonyl (C=O) groups is 1. The van der Waals surface area contributed by atoms with Crippen molar-refractivity contribution in [1.29, 1.82) is 0 Å². The Morgan fingerprint density at radius 2 is 2.08 bits per heavy atom. The maximum absolute atomic E-state index is 14.1. The van der Waals surface area contributed by atoms with E-state index in [9.17, 15) is 19.1 Å². The molecule has 0 aliphatic rings. The van der Waals surface area contributed by atoms with Crippen LogP contribution in [-0.2, 0) is 4.74 Å². The minimum atomic E-state index is -0.719. The zero-order valence-corrected chi connectivity index (χ0v) is 16.5. The molecule has 0 unspecified atom stereocenters. The normalized spacial score (nSPS) is 12.6. The third kappa shape index (κ3) is 4.20. The van der Waals surface area contributed by atoms with Gasteiger partial charge in [-0.3, -0.25) is 4.79 Å². The Morgan fingerprint density at radius 3 is 2.64 bits per heavy atom. The molecule has 5 nitrogen and oxygen atoms in total. The minimum absolute atomic E-state index is 0.112. The molecule has 136 valence electrons. The number of carbonyl (C=O) groups excluding carboxylic acids is 1. The molecule has 2 rings (SSSR count). The van der Waals surface area contributed by atoms with Crippen molar-refractivity contribution in [3.05, 3.63) is 43.5 Å². The van der Waals surface area contributed by atoms with Crippen LogP contribution in [0.25, 0.3) is 10.9 Å². The van der Waals surface area contributed by atoms with E-state index in [1.807, 2.05) is 13.8 Å². The summed E-state index contributed by atoms with van der Waals surface area (Å²) >= 11 is 1.80. The minimum Gasteiger partial charge on any atom is -0.462 e. The van der Waals surface area contributed by atoms with Crippen LogP contribution in [0.1, 0.15) is 43.6 Å². The van der Waals surface area contributed by atoms with Crippen LogP contribution < -0.4 is 5.43 Å². The Balaban J connectivity index is 2.81. The molecule has 0 aliphatic heterocycles. The molecule has 2 aromatic rings. The molecule has 1 heterocycles. The van der Waals surface area contributed by atoms with E-state index in [0.29, 0.717) is 15.5 Å². The molecule has 0 aliphatic carbocycles. The number of esters is 1. The molecule has 0 amide bonds. The summed E-state index contributed by atoms with van der Waals surface area (Å²) in [6.07, 6.45) is 1.99. The monoisotopic (exact) mass is 461 g/mol. The number of rotatable bonds is 6. The number of hydrogen-bond donors (Lipinski definition) is 1. The van der Waals surface area contributed by atoms with E-state index in [-0.39, 0.29) is 36.1 Å². The highest BCUT2D eigenvalue weighted by molar-refractivity contribution is 14.1. The predicted molar refractivity (Wildman–Crippen MR) is 102 cm³/mol. The van der Waals surface area contributed by atoms with Crippen LogP contribution in [0.2, 0.25) is 0 Å². The van der Waals surface area contributed by atoms with Crippen LogP contribution in [0.4, 0.5) is 4.39 Å². The highest BCUT2D eigenvalue weighted by Crippen LogP contribution is 2.25. The molecular formula is C18H21FINO4. The number of fused-ring (bicyclic) bond motifs is 1. The fraction of sp³-hybridized carbons (Fsp3) is 0.444. The van der Waals surface area contributed by atoms with Crippen molar-refractivity contribution in [1.82, 2.24) is 4.57 Å². The first kappa shape index (κ1) is 19.8. The Kier molecular flexibility index (Phi) is 6.56. The topological polar surface area (TPSA) is 68.5 Å². The van der Waals surface area contributed by atoms with Crippen molar-refractivity contribution in [2.75, 3.05) is 13.2 Å². The number of nitrogens with zero attached hydrogens (tertiary/aromatic N) is 1. The summed E-state index contributed by atoms with van der Waals surface area (Å²) in [5, 5.41) is 10.0. The predicted octanol–water partition coefficient (Wildman–Crippen LogP) is 3.50. The van der Waals surface area contributed by atoms with Gasteiger partial charge in [-0.15, -0.1) is 0 Å². The van der Waals surface area contributed by atoms with Gasteiger partial charge >= 0.3 is 5.97 Å². The van der Waals surface area contributed by atoms with E-state index < -0.39 is 17.2 Å². The lowest BCUT2D eigenvalue weighted by Crippen LogP contribution is -2.25. The highest BCUT2D eigenvalue weighted by Gasteiger charge is 2.22. The van der Waals surface area contributed by atoms with E-state index >= 15 is 0 Å². The number of pyridine rings is 1.